The van der Waals surface area contributed by atoms with E-state index in [1.807, 2.05) is 20.8 Å². The predicted molar refractivity (Wildman–Crippen MR) is 159 cm³/mol. The first-order valence-electron chi connectivity index (χ1n) is 14.2. The molecule has 0 aliphatic carbocycles. The third-order valence-corrected chi connectivity index (χ3v) is 9.40. The monoisotopic (exact) mass is 588 g/mol. The summed E-state index contributed by atoms with van der Waals surface area (Å²) in [6, 6.07) is 11.7. The van der Waals surface area contributed by atoms with Gasteiger partial charge in [-0.1, -0.05) is 26.2 Å². The quantitative estimate of drug-likeness (QED) is 0.0606. The highest BCUT2D eigenvalue weighted by Gasteiger charge is 2.51. The molecule has 1 unspecified atom stereocenters. The lowest BCUT2D eigenvalue weighted by Crippen LogP contribution is -2.59. The molecule has 0 aliphatic rings. The van der Waals surface area contributed by atoms with E-state index in [9.17, 15) is 9.59 Å². The van der Waals surface area contributed by atoms with E-state index in [-0.39, 0.29) is 5.73 Å². The molecule has 0 bridgehead atoms. The van der Waals surface area contributed by atoms with Crippen LogP contribution in [0, 0.1) is 0 Å². The standard InChI is InChI=1S/C31H44O9Si/c1-7-11-12-13-14-30(41(36-8-2,37-9-3)38-10-4)39-26-19-16-25(17-20-26)31(33)40-27-21-15-24(28(23-27)34-5)18-22-29(32)35-6/h15-23,30H,7-14H2,1-6H3/b22-18+. The zero-order chi connectivity index (χ0) is 30.1. The molecule has 0 spiro atoms. The average molecular weight is 589 g/mol. The number of carbonyl (C=O) groups is 2. The molecule has 10 heteroatoms. The van der Waals surface area contributed by atoms with E-state index >= 15 is 0 Å². The Morgan fingerprint density at radius 3 is 2.02 bits per heavy atom. The Morgan fingerprint density at radius 1 is 0.829 bits per heavy atom. The average Bonchev–Trinajstić information content (AvgIpc) is 2.98. The Balaban J connectivity index is 2.19. The molecular formula is C31H44O9Si. The van der Waals surface area contributed by atoms with Gasteiger partial charge < -0.3 is 32.2 Å². The van der Waals surface area contributed by atoms with Gasteiger partial charge in [-0.3, -0.25) is 0 Å². The first-order chi connectivity index (χ1) is 19.9. The number of hydrogen-bond acceptors (Lipinski definition) is 9. The third-order valence-electron chi connectivity index (χ3n) is 6.13. The van der Waals surface area contributed by atoms with Gasteiger partial charge in [-0.2, -0.15) is 0 Å². The van der Waals surface area contributed by atoms with Crippen molar-refractivity contribution >= 4 is 26.8 Å². The molecule has 0 saturated heterocycles. The van der Waals surface area contributed by atoms with Crippen LogP contribution in [0.3, 0.4) is 0 Å². The molecular weight excluding hydrogens is 544 g/mol. The number of ether oxygens (including phenoxy) is 4. The summed E-state index contributed by atoms with van der Waals surface area (Å²) in [7, 11) is -0.345. The SMILES string of the molecule is CCCCCCC(Oc1ccc(C(=O)Oc2ccc(/C=C/C(=O)OC)c(OC)c2)cc1)[Si](OCC)(OCC)OCC. The Morgan fingerprint density at radius 2 is 1.46 bits per heavy atom. The van der Waals surface area contributed by atoms with Crippen molar-refractivity contribution in [3.63, 3.8) is 0 Å². The van der Waals surface area contributed by atoms with Crippen LogP contribution >= 0.6 is 0 Å². The van der Waals surface area contributed by atoms with Crippen molar-refractivity contribution < 1.29 is 41.8 Å². The summed E-state index contributed by atoms with van der Waals surface area (Å²) in [6.07, 6.45) is 7.92. The zero-order valence-corrected chi connectivity index (χ0v) is 26.1. The maximum absolute atomic E-state index is 12.9. The van der Waals surface area contributed by atoms with Crippen LogP contribution in [0.5, 0.6) is 17.2 Å². The van der Waals surface area contributed by atoms with E-state index in [2.05, 4.69) is 11.7 Å². The van der Waals surface area contributed by atoms with Crippen molar-refractivity contribution in [2.45, 2.75) is 65.5 Å². The second-order valence-electron chi connectivity index (χ2n) is 9.03. The number of rotatable bonds is 19. The largest absolute Gasteiger partial charge is 0.543 e. The second kappa shape index (κ2) is 18.3. The molecule has 2 aromatic rings. The maximum atomic E-state index is 12.9. The van der Waals surface area contributed by atoms with E-state index in [1.54, 1.807) is 48.5 Å². The van der Waals surface area contributed by atoms with Crippen molar-refractivity contribution in [3.05, 3.63) is 59.7 Å². The van der Waals surface area contributed by atoms with Gasteiger partial charge in [0.15, 0.2) is 5.73 Å². The van der Waals surface area contributed by atoms with Crippen molar-refractivity contribution in [3.8, 4) is 17.2 Å². The molecule has 0 fully saturated rings. The highest BCUT2D eigenvalue weighted by molar-refractivity contribution is 6.62. The number of esters is 2. The molecule has 2 rings (SSSR count). The van der Waals surface area contributed by atoms with Crippen molar-refractivity contribution in [2.24, 2.45) is 0 Å². The molecule has 0 N–H and O–H groups in total. The first kappa shape index (κ1) is 34.0. The fourth-order valence-corrected chi connectivity index (χ4v) is 7.04. The van der Waals surface area contributed by atoms with Crippen molar-refractivity contribution in [2.75, 3.05) is 34.0 Å². The van der Waals surface area contributed by atoms with Gasteiger partial charge in [0.2, 0.25) is 0 Å². The topological polar surface area (TPSA) is 98.8 Å². The molecule has 0 heterocycles. The van der Waals surface area contributed by atoms with Gasteiger partial charge in [-0.05, 0) is 76.1 Å². The molecule has 226 valence electrons. The summed E-state index contributed by atoms with van der Waals surface area (Å²) in [5.74, 6) is 0.306. The predicted octanol–water partition coefficient (Wildman–Crippen LogP) is 6.41. The van der Waals surface area contributed by atoms with E-state index in [1.165, 1.54) is 20.3 Å². The maximum Gasteiger partial charge on any atom is 0.543 e. The lowest BCUT2D eigenvalue weighted by atomic mass is 10.1. The summed E-state index contributed by atoms with van der Waals surface area (Å²) in [5, 5.41) is 0. The molecule has 0 aromatic heterocycles. The second-order valence-corrected chi connectivity index (χ2v) is 11.7. The molecule has 9 nitrogen and oxygen atoms in total. The van der Waals surface area contributed by atoms with E-state index in [4.69, 9.17) is 27.5 Å². The highest BCUT2D eigenvalue weighted by atomic mass is 28.4. The minimum absolute atomic E-state index is 0.301. The molecule has 41 heavy (non-hydrogen) atoms. The van der Waals surface area contributed by atoms with Crippen molar-refractivity contribution in [1.82, 2.24) is 0 Å². The normalized spacial score (nSPS) is 12.2. The molecule has 0 radical (unpaired) electrons. The Kier molecular flexibility index (Phi) is 15.2. The van der Waals surface area contributed by atoms with Crippen LogP contribution < -0.4 is 14.2 Å². The molecule has 1 atom stereocenters. The van der Waals surface area contributed by atoms with Crippen LogP contribution in [-0.4, -0.2) is 60.5 Å². The number of carbonyl (C=O) groups excluding carboxylic acids is 2. The lowest BCUT2D eigenvalue weighted by molar-refractivity contribution is -0.134. The molecule has 0 saturated carbocycles. The van der Waals surface area contributed by atoms with E-state index in [0.717, 1.165) is 32.1 Å². The fourth-order valence-electron chi connectivity index (χ4n) is 4.19. The van der Waals surface area contributed by atoms with Crippen LogP contribution in [0.1, 0.15) is 75.7 Å². The van der Waals surface area contributed by atoms with Gasteiger partial charge in [-0.15, -0.1) is 0 Å². The summed E-state index contributed by atoms with van der Waals surface area (Å²) in [4.78, 5) is 24.3. The van der Waals surface area contributed by atoms with Crippen LogP contribution in [0.15, 0.2) is 48.5 Å². The van der Waals surface area contributed by atoms with Crippen LogP contribution in [0.4, 0.5) is 0 Å². The third kappa shape index (κ3) is 10.6. The Hall–Kier alpha value is -3.18. The minimum atomic E-state index is -3.14. The number of hydrogen-bond donors (Lipinski definition) is 0. The number of benzene rings is 2. The summed E-state index contributed by atoms with van der Waals surface area (Å²) < 4.78 is 40.4. The van der Waals surface area contributed by atoms with E-state index in [0.29, 0.717) is 48.2 Å². The summed E-state index contributed by atoms with van der Waals surface area (Å²) >= 11 is 0. The van der Waals surface area contributed by atoms with Gasteiger partial charge in [-0.25, -0.2) is 9.59 Å². The fraction of sp³-hybridized carbons (Fsp3) is 0.484. The summed E-state index contributed by atoms with van der Waals surface area (Å²) in [5.41, 5.74) is 0.610. The number of methoxy groups -OCH3 is 2. The van der Waals surface area contributed by atoms with Crippen LogP contribution in [-0.2, 0) is 22.8 Å². The number of unbranched alkanes of at least 4 members (excludes halogenated alkanes) is 3. The Bertz CT molecular complexity index is 1080. The smallest absolute Gasteiger partial charge is 0.496 e. The molecule has 0 aliphatic heterocycles. The lowest BCUT2D eigenvalue weighted by Gasteiger charge is -2.35. The molecule has 0 amide bonds. The van der Waals surface area contributed by atoms with Gasteiger partial charge >= 0.3 is 20.7 Å². The molecule has 2 aromatic carbocycles. The van der Waals surface area contributed by atoms with Crippen LogP contribution in [0.2, 0.25) is 0 Å². The first-order valence-corrected chi connectivity index (χ1v) is 16.0. The summed E-state index contributed by atoms with van der Waals surface area (Å²) in [6.45, 7) is 9.33. The van der Waals surface area contributed by atoms with Crippen molar-refractivity contribution in [1.29, 1.82) is 0 Å². The van der Waals surface area contributed by atoms with Gasteiger partial charge in [0.05, 0.1) is 19.8 Å². The highest BCUT2D eigenvalue weighted by Crippen LogP contribution is 2.28. The van der Waals surface area contributed by atoms with Gasteiger partial charge in [0, 0.05) is 37.5 Å². The Labute approximate surface area is 245 Å². The zero-order valence-electron chi connectivity index (χ0n) is 25.1. The van der Waals surface area contributed by atoms with Gasteiger partial charge in [0.1, 0.15) is 17.2 Å². The van der Waals surface area contributed by atoms with Crippen LogP contribution in [0.25, 0.3) is 6.08 Å². The van der Waals surface area contributed by atoms with E-state index < -0.39 is 20.7 Å². The van der Waals surface area contributed by atoms with Gasteiger partial charge in [0.25, 0.3) is 0 Å². The minimum Gasteiger partial charge on any atom is -0.496 e.